The summed E-state index contributed by atoms with van der Waals surface area (Å²) in [6, 6.07) is 0. The average molecular weight is 323 g/mol. The van der Waals surface area contributed by atoms with Gasteiger partial charge in [0, 0.05) is 37.8 Å². The normalized spacial score (nSPS) is 17.9. The first-order valence-corrected chi connectivity index (χ1v) is 8.54. The Morgan fingerprint density at radius 3 is 2.82 bits per heavy atom. The molecule has 3 rings (SSSR count). The summed E-state index contributed by atoms with van der Waals surface area (Å²) in [6.45, 7) is 1.56. The number of rotatable bonds is 7. The van der Waals surface area contributed by atoms with Crippen LogP contribution in [0.15, 0.2) is 6.20 Å². The minimum Gasteiger partial charge on any atom is -0.370 e. The number of carbonyl (C=O) groups is 1. The first-order valence-electron chi connectivity index (χ1n) is 8.16. The number of amides is 1. The van der Waals surface area contributed by atoms with Crippen LogP contribution in [0.3, 0.4) is 0 Å². The van der Waals surface area contributed by atoms with Gasteiger partial charge in [-0.25, -0.2) is 9.97 Å². The lowest BCUT2D eigenvalue weighted by atomic mass is 9.84. The van der Waals surface area contributed by atoms with E-state index in [1.54, 1.807) is 0 Å². The summed E-state index contributed by atoms with van der Waals surface area (Å²) in [7, 11) is 1.90. The molecular weight excluding hydrogens is 300 g/mol. The Morgan fingerprint density at radius 1 is 1.41 bits per heavy atom. The second-order valence-electron chi connectivity index (χ2n) is 6.39. The number of nitrogens with one attached hydrogen (secondary N) is 1. The van der Waals surface area contributed by atoms with Gasteiger partial charge in [0.15, 0.2) is 0 Å². The molecule has 1 aromatic heterocycles. The zero-order valence-corrected chi connectivity index (χ0v) is 13.8. The molecule has 0 aliphatic heterocycles. The summed E-state index contributed by atoms with van der Waals surface area (Å²) in [5.41, 5.74) is 1.17. The molecule has 6 heteroatoms. The standard InChI is InChI=1S/C16H23ClN4O/c1-21(15(22)12-4-2-5-12)9-3-8-18-14-13(11-6-7-11)10-19-16(17)20-14/h10-12H,2-9H2,1H3,(H,18,19,20). The molecule has 0 saturated heterocycles. The molecule has 0 bridgehead atoms. The van der Waals surface area contributed by atoms with E-state index >= 15 is 0 Å². The number of aromatic nitrogens is 2. The SMILES string of the molecule is CN(CCCNc1nc(Cl)ncc1C1CC1)C(=O)C1CCC1. The van der Waals surface area contributed by atoms with E-state index in [0.717, 1.165) is 38.2 Å². The van der Waals surface area contributed by atoms with Crippen molar-refractivity contribution in [1.29, 1.82) is 0 Å². The Hall–Kier alpha value is -1.36. The molecule has 5 nitrogen and oxygen atoms in total. The highest BCUT2D eigenvalue weighted by Gasteiger charge is 2.28. The van der Waals surface area contributed by atoms with Crippen LogP contribution in [0.4, 0.5) is 5.82 Å². The van der Waals surface area contributed by atoms with Crippen molar-refractivity contribution in [3.05, 3.63) is 17.0 Å². The van der Waals surface area contributed by atoms with Crippen molar-refractivity contribution in [3.63, 3.8) is 0 Å². The van der Waals surface area contributed by atoms with E-state index in [0.29, 0.717) is 11.8 Å². The third kappa shape index (κ3) is 3.69. The van der Waals surface area contributed by atoms with E-state index < -0.39 is 0 Å². The van der Waals surface area contributed by atoms with E-state index in [-0.39, 0.29) is 11.2 Å². The van der Waals surface area contributed by atoms with E-state index in [1.165, 1.54) is 24.8 Å². The van der Waals surface area contributed by atoms with Gasteiger partial charge in [-0.1, -0.05) is 6.42 Å². The predicted molar refractivity (Wildman–Crippen MR) is 87.1 cm³/mol. The van der Waals surface area contributed by atoms with Crippen LogP contribution < -0.4 is 5.32 Å². The molecule has 2 aliphatic rings. The maximum atomic E-state index is 12.1. The van der Waals surface area contributed by atoms with Crippen molar-refractivity contribution in [3.8, 4) is 0 Å². The quantitative estimate of drug-likeness (QED) is 0.619. The molecule has 1 amide bonds. The molecule has 22 heavy (non-hydrogen) atoms. The lowest BCUT2D eigenvalue weighted by molar-refractivity contribution is -0.136. The maximum Gasteiger partial charge on any atom is 0.225 e. The van der Waals surface area contributed by atoms with Gasteiger partial charge in [0.25, 0.3) is 0 Å². The van der Waals surface area contributed by atoms with Crippen molar-refractivity contribution in [1.82, 2.24) is 14.9 Å². The molecule has 2 saturated carbocycles. The summed E-state index contributed by atoms with van der Waals surface area (Å²) < 4.78 is 0. The Morgan fingerprint density at radius 2 is 2.18 bits per heavy atom. The van der Waals surface area contributed by atoms with Crippen molar-refractivity contribution < 1.29 is 4.79 Å². The van der Waals surface area contributed by atoms with Gasteiger partial charge < -0.3 is 10.2 Å². The first kappa shape index (κ1) is 15.5. The zero-order valence-electron chi connectivity index (χ0n) is 13.0. The topological polar surface area (TPSA) is 58.1 Å². The molecule has 0 atom stereocenters. The van der Waals surface area contributed by atoms with Crippen LogP contribution in [0.2, 0.25) is 5.28 Å². The Balaban J connectivity index is 1.45. The number of nitrogens with zero attached hydrogens (tertiary/aromatic N) is 3. The fourth-order valence-corrected chi connectivity index (χ4v) is 2.94. The summed E-state index contributed by atoms with van der Waals surface area (Å²) in [5, 5.41) is 3.64. The monoisotopic (exact) mass is 322 g/mol. The molecule has 1 aromatic rings. The summed E-state index contributed by atoms with van der Waals surface area (Å²) in [4.78, 5) is 22.3. The van der Waals surface area contributed by atoms with E-state index in [2.05, 4.69) is 15.3 Å². The Labute approximate surface area is 136 Å². The Bertz CT molecular complexity index is 543. The van der Waals surface area contributed by atoms with Gasteiger partial charge in [0.05, 0.1) is 0 Å². The summed E-state index contributed by atoms with van der Waals surface area (Å²) >= 11 is 5.89. The Kier molecular flexibility index (Phi) is 4.81. The van der Waals surface area contributed by atoms with Crippen molar-refractivity contribution in [2.75, 3.05) is 25.5 Å². The molecule has 1 N–H and O–H groups in total. The van der Waals surface area contributed by atoms with Gasteiger partial charge in [-0.3, -0.25) is 4.79 Å². The third-order valence-corrected chi connectivity index (χ3v) is 4.78. The van der Waals surface area contributed by atoms with Crippen LogP contribution >= 0.6 is 11.6 Å². The van der Waals surface area contributed by atoms with Crippen LogP contribution in [-0.4, -0.2) is 40.9 Å². The number of anilines is 1. The minimum absolute atomic E-state index is 0.278. The van der Waals surface area contributed by atoms with Gasteiger partial charge in [0.2, 0.25) is 11.2 Å². The lowest BCUT2D eigenvalue weighted by Gasteiger charge is -2.29. The van der Waals surface area contributed by atoms with Gasteiger partial charge >= 0.3 is 0 Å². The van der Waals surface area contributed by atoms with Crippen LogP contribution in [0.25, 0.3) is 0 Å². The van der Waals surface area contributed by atoms with Crippen LogP contribution in [0.1, 0.15) is 50.0 Å². The second kappa shape index (κ2) is 6.82. The van der Waals surface area contributed by atoms with Crippen molar-refractivity contribution >= 4 is 23.3 Å². The van der Waals surface area contributed by atoms with E-state index in [4.69, 9.17) is 11.6 Å². The number of hydrogen-bond donors (Lipinski definition) is 1. The van der Waals surface area contributed by atoms with Gasteiger partial charge in [-0.2, -0.15) is 0 Å². The minimum atomic E-state index is 0.278. The fraction of sp³-hybridized carbons (Fsp3) is 0.688. The van der Waals surface area contributed by atoms with Crippen LogP contribution in [0.5, 0.6) is 0 Å². The molecule has 0 spiro atoms. The van der Waals surface area contributed by atoms with E-state index in [9.17, 15) is 4.79 Å². The highest BCUT2D eigenvalue weighted by Crippen LogP contribution is 2.42. The molecule has 0 unspecified atom stereocenters. The summed E-state index contributed by atoms with van der Waals surface area (Å²) in [5.74, 6) is 2.02. The van der Waals surface area contributed by atoms with Gasteiger partial charge in [0.1, 0.15) is 5.82 Å². The van der Waals surface area contributed by atoms with Crippen molar-refractivity contribution in [2.45, 2.75) is 44.4 Å². The third-order valence-electron chi connectivity index (χ3n) is 4.60. The van der Waals surface area contributed by atoms with Crippen molar-refractivity contribution in [2.24, 2.45) is 5.92 Å². The van der Waals surface area contributed by atoms with Crippen LogP contribution in [-0.2, 0) is 4.79 Å². The molecular formula is C16H23ClN4O. The highest BCUT2D eigenvalue weighted by molar-refractivity contribution is 6.28. The number of halogens is 1. The molecule has 120 valence electrons. The van der Waals surface area contributed by atoms with Gasteiger partial charge in [-0.05, 0) is 49.6 Å². The predicted octanol–water partition coefficient (Wildman–Crippen LogP) is 3.07. The fourth-order valence-electron chi connectivity index (χ4n) is 2.80. The number of hydrogen-bond acceptors (Lipinski definition) is 4. The molecule has 2 aliphatic carbocycles. The molecule has 1 heterocycles. The second-order valence-corrected chi connectivity index (χ2v) is 6.72. The molecule has 2 fully saturated rings. The molecule has 0 aromatic carbocycles. The van der Waals surface area contributed by atoms with Gasteiger partial charge in [-0.15, -0.1) is 0 Å². The first-order chi connectivity index (χ1) is 10.6. The highest BCUT2D eigenvalue weighted by atomic mass is 35.5. The smallest absolute Gasteiger partial charge is 0.225 e. The molecule has 0 radical (unpaired) electrons. The largest absolute Gasteiger partial charge is 0.370 e. The number of carbonyl (C=O) groups excluding carboxylic acids is 1. The average Bonchev–Trinajstić information content (AvgIpc) is 3.26. The van der Waals surface area contributed by atoms with Crippen LogP contribution in [0, 0.1) is 5.92 Å². The van der Waals surface area contributed by atoms with E-state index in [1.807, 2.05) is 18.1 Å². The summed E-state index contributed by atoms with van der Waals surface area (Å²) in [6.07, 6.45) is 8.47. The lowest BCUT2D eigenvalue weighted by Crippen LogP contribution is -2.37. The zero-order chi connectivity index (χ0) is 15.5. The maximum absolute atomic E-state index is 12.1.